The summed E-state index contributed by atoms with van der Waals surface area (Å²) in [5.41, 5.74) is 0.495. The van der Waals surface area contributed by atoms with Gasteiger partial charge in [0, 0.05) is 11.6 Å². The Hall–Kier alpha value is -1.12. The van der Waals surface area contributed by atoms with Gasteiger partial charge in [0.2, 0.25) is 0 Å². The first-order valence-corrected chi connectivity index (χ1v) is 4.00. The first kappa shape index (κ1) is 8.97. The molecule has 0 radical (unpaired) electrons. The zero-order chi connectivity index (χ0) is 9.30. The van der Waals surface area contributed by atoms with E-state index in [1.807, 2.05) is 20.8 Å². The van der Waals surface area contributed by atoms with Gasteiger partial charge in [0.15, 0.2) is 0 Å². The van der Waals surface area contributed by atoms with E-state index in [2.05, 4.69) is 4.74 Å². The summed E-state index contributed by atoms with van der Waals surface area (Å²) in [5.74, 6) is -0.595. The highest BCUT2D eigenvalue weighted by molar-refractivity contribution is 6.09. The van der Waals surface area contributed by atoms with Gasteiger partial charge in [-0.1, -0.05) is 20.8 Å². The molecule has 0 aromatic rings. The van der Waals surface area contributed by atoms with Gasteiger partial charge in [-0.2, -0.15) is 0 Å². The van der Waals surface area contributed by atoms with Crippen LogP contribution in [0, 0.1) is 11.8 Å². The summed E-state index contributed by atoms with van der Waals surface area (Å²) in [6.45, 7) is 5.92. The molecule has 1 rings (SSSR count). The third-order valence-corrected chi connectivity index (χ3v) is 2.19. The average Bonchev–Trinajstić information content (AvgIpc) is 2.28. The van der Waals surface area contributed by atoms with Crippen LogP contribution in [0.3, 0.4) is 0 Å². The quantitative estimate of drug-likeness (QED) is 0.461. The third kappa shape index (κ3) is 1.55. The Labute approximate surface area is 71.4 Å². The lowest BCUT2D eigenvalue weighted by molar-refractivity contribution is -0.150. The number of hydrogen-bond acceptors (Lipinski definition) is 3. The molecule has 66 valence electrons. The smallest absolute Gasteiger partial charge is 0.342 e. The SMILES string of the molecule is CC(C)C(C)C1=CC(=O)OC1=O. The Morgan fingerprint density at radius 2 is 1.83 bits per heavy atom. The highest BCUT2D eigenvalue weighted by Gasteiger charge is 2.29. The first-order valence-electron chi connectivity index (χ1n) is 4.00. The number of carbonyl (C=O) groups is 2. The molecule has 0 bridgehead atoms. The second kappa shape index (κ2) is 3.09. The molecule has 1 unspecified atom stereocenters. The van der Waals surface area contributed by atoms with Crippen molar-refractivity contribution in [2.75, 3.05) is 0 Å². The number of rotatable bonds is 2. The van der Waals surface area contributed by atoms with Crippen LogP contribution in [-0.4, -0.2) is 11.9 Å². The van der Waals surface area contributed by atoms with Crippen molar-refractivity contribution in [2.45, 2.75) is 20.8 Å². The molecule has 0 aromatic heterocycles. The predicted molar refractivity (Wildman–Crippen MR) is 43.2 cm³/mol. The van der Waals surface area contributed by atoms with Gasteiger partial charge in [-0.15, -0.1) is 0 Å². The maximum absolute atomic E-state index is 11.0. The standard InChI is InChI=1S/C9H12O3/c1-5(2)6(3)7-4-8(10)12-9(7)11/h4-6H,1-3H3. The molecule has 0 amide bonds. The van der Waals surface area contributed by atoms with Crippen molar-refractivity contribution in [2.24, 2.45) is 11.8 Å². The minimum Gasteiger partial charge on any atom is -0.386 e. The Morgan fingerprint density at radius 3 is 2.17 bits per heavy atom. The Balaban J connectivity index is 2.81. The molecule has 3 heteroatoms. The van der Waals surface area contributed by atoms with Gasteiger partial charge in [0.25, 0.3) is 0 Å². The van der Waals surface area contributed by atoms with Gasteiger partial charge < -0.3 is 4.74 Å². The zero-order valence-electron chi connectivity index (χ0n) is 7.46. The van der Waals surface area contributed by atoms with E-state index in [0.29, 0.717) is 11.5 Å². The fourth-order valence-electron chi connectivity index (χ4n) is 1.04. The minimum absolute atomic E-state index is 0.0870. The van der Waals surface area contributed by atoms with Crippen LogP contribution in [0.5, 0.6) is 0 Å². The van der Waals surface area contributed by atoms with E-state index < -0.39 is 11.9 Å². The topological polar surface area (TPSA) is 43.4 Å². The zero-order valence-corrected chi connectivity index (χ0v) is 7.46. The maximum Gasteiger partial charge on any atom is 0.342 e. The molecule has 0 spiro atoms. The summed E-state index contributed by atoms with van der Waals surface area (Å²) >= 11 is 0. The molecule has 1 atom stereocenters. The van der Waals surface area contributed by atoms with Gasteiger partial charge in [0.05, 0.1) is 0 Å². The fraction of sp³-hybridized carbons (Fsp3) is 0.556. The Kier molecular flexibility index (Phi) is 2.31. The highest BCUT2D eigenvalue weighted by atomic mass is 16.6. The molecular formula is C9H12O3. The minimum atomic E-state index is -0.539. The van der Waals surface area contributed by atoms with Crippen molar-refractivity contribution < 1.29 is 14.3 Å². The number of hydrogen-bond donors (Lipinski definition) is 0. The molecule has 1 aliphatic heterocycles. The molecule has 0 aromatic carbocycles. The number of carbonyl (C=O) groups excluding carboxylic acids is 2. The van der Waals surface area contributed by atoms with Crippen molar-refractivity contribution in [3.63, 3.8) is 0 Å². The van der Waals surface area contributed by atoms with Gasteiger partial charge in [-0.3, -0.25) is 0 Å². The van der Waals surface area contributed by atoms with Gasteiger partial charge in [-0.05, 0) is 11.8 Å². The second-order valence-electron chi connectivity index (χ2n) is 3.34. The summed E-state index contributed by atoms with van der Waals surface area (Å²) in [7, 11) is 0. The molecule has 0 saturated carbocycles. The van der Waals surface area contributed by atoms with Crippen molar-refractivity contribution in [1.29, 1.82) is 0 Å². The normalized spacial score (nSPS) is 19.5. The molecule has 12 heavy (non-hydrogen) atoms. The van der Waals surface area contributed by atoms with Crippen LogP contribution < -0.4 is 0 Å². The van der Waals surface area contributed by atoms with E-state index in [9.17, 15) is 9.59 Å². The monoisotopic (exact) mass is 168 g/mol. The lowest BCUT2D eigenvalue weighted by Gasteiger charge is -2.13. The molecule has 0 saturated heterocycles. The molecule has 0 fully saturated rings. The number of esters is 2. The highest BCUT2D eigenvalue weighted by Crippen LogP contribution is 2.24. The van der Waals surface area contributed by atoms with E-state index in [0.717, 1.165) is 0 Å². The summed E-state index contributed by atoms with van der Waals surface area (Å²) in [6, 6.07) is 0. The van der Waals surface area contributed by atoms with Crippen LogP contribution in [-0.2, 0) is 14.3 Å². The molecule has 0 aliphatic carbocycles. The molecular weight excluding hydrogens is 156 g/mol. The Bertz CT molecular complexity index is 250. The molecule has 0 N–H and O–H groups in total. The summed E-state index contributed by atoms with van der Waals surface area (Å²) in [5, 5.41) is 0. The van der Waals surface area contributed by atoms with E-state index in [1.165, 1.54) is 6.08 Å². The molecule has 3 nitrogen and oxygen atoms in total. The van der Waals surface area contributed by atoms with Crippen LogP contribution >= 0.6 is 0 Å². The third-order valence-electron chi connectivity index (χ3n) is 2.19. The van der Waals surface area contributed by atoms with Crippen LogP contribution in [0.15, 0.2) is 11.6 Å². The van der Waals surface area contributed by atoms with Gasteiger partial charge in [0.1, 0.15) is 0 Å². The van der Waals surface area contributed by atoms with Crippen molar-refractivity contribution >= 4 is 11.9 Å². The second-order valence-corrected chi connectivity index (χ2v) is 3.34. The summed E-state index contributed by atoms with van der Waals surface area (Å²) < 4.78 is 4.37. The van der Waals surface area contributed by atoms with Crippen LogP contribution in [0.2, 0.25) is 0 Å². The Morgan fingerprint density at radius 1 is 1.25 bits per heavy atom. The number of ether oxygens (including phenoxy) is 1. The maximum atomic E-state index is 11.0. The van der Waals surface area contributed by atoms with Crippen LogP contribution in [0.4, 0.5) is 0 Å². The molecule has 1 aliphatic rings. The van der Waals surface area contributed by atoms with Crippen LogP contribution in [0.1, 0.15) is 20.8 Å². The van der Waals surface area contributed by atoms with Crippen molar-refractivity contribution in [3.8, 4) is 0 Å². The van der Waals surface area contributed by atoms with E-state index >= 15 is 0 Å². The average molecular weight is 168 g/mol. The van der Waals surface area contributed by atoms with Gasteiger partial charge >= 0.3 is 11.9 Å². The molecule has 1 heterocycles. The largest absolute Gasteiger partial charge is 0.386 e. The van der Waals surface area contributed by atoms with E-state index in [-0.39, 0.29) is 5.92 Å². The van der Waals surface area contributed by atoms with Crippen LogP contribution in [0.25, 0.3) is 0 Å². The fourth-order valence-corrected chi connectivity index (χ4v) is 1.04. The lowest BCUT2D eigenvalue weighted by Crippen LogP contribution is -2.13. The summed E-state index contributed by atoms with van der Waals surface area (Å²) in [6.07, 6.45) is 1.28. The van der Waals surface area contributed by atoms with Crippen molar-refractivity contribution in [1.82, 2.24) is 0 Å². The predicted octanol–water partition coefficient (Wildman–Crippen LogP) is 1.29. The van der Waals surface area contributed by atoms with E-state index in [4.69, 9.17) is 0 Å². The first-order chi connectivity index (χ1) is 5.52. The van der Waals surface area contributed by atoms with Gasteiger partial charge in [-0.25, -0.2) is 9.59 Å². The number of cyclic esters (lactones) is 2. The lowest BCUT2D eigenvalue weighted by atomic mass is 9.90. The summed E-state index contributed by atoms with van der Waals surface area (Å²) in [4.78, 5) is 21.7. The van der Waals surface area contributed by atoms with E-state index in [1.54, 1.807) is 0 Å². The van der Waals surface area contributed by atoms with Crippen molar-refractivity contribution in [3.05, 3.63) is 11.6 Å².